The summed E-state index contributed by atoms with van der Waals surface area (Å²) >= 11 is 0. The van der Waals surface area contributed by atoms with Gasteiger partial charge in [-0.05, 0) is 5.56 Å². The number of aliphatic carboxylic acids is 1. The number of hydroxylamine groups is 2. The molecule has 0 aliphatic carbocycles. The molecular weight excluding hydrogens is 312 g/mol. The zero-order valence-electron chi connectivity index (χ0n) is 13.0. The van der Waals surface area contributed by atoms with Crippen LogP contribution in [-0.4, -0.2) is 43.4 Å². The monoisotopic (exact) mass is 328 g/mol. The molecule has 1 aromatic heterocycles. The Morgan fingerprint density at radius 3 is 2.83 bits per heavy atom. The van der Waals surface area contributed by atoms with Crippen molar-refractivity contribution < 1.29 is 19.5 Å². The average Bonchev–Trinajstić information content (AvgIpc) is 3.08. The molecule has 24 heavy (non-hydrogen) atoms. The van der Waals surface area contributed by atoms with Crippen molar-refractivity contribution in [2.24, 2.45) is 7.05 Å². The molecule has 8 nitrogen and oxygen atoms in total. The number of nitrogens with zero attached hydrogens (tertiary/aromatic N) is 4. The summed E-state index contributed by atoms with van der Waals surface area (Å²) in [5.74, 6) is -1.07. The van der Waals surface area contributed by atoms with E-state index in [1.165, 1.54) is 14.6 Å². The molecule has 124 valence electrons. The molecule has 2 amide bonds. The maximum atomic E-state index is 12.6. The summed E-state index contributed by atoms with van der Waals surface area (Å²) in [6, 6.07) is 7.69. The highest BCUT2D eigenvalue weighted by Gasteiger charge is 2.52. The molecule has 2 atom stereocenters. The topological polar surface area (TPSA) is 87.9 Å². The molecule has 2 aliphatic heterocycles. The van der Waals surface area contributed by atoms with Gasteiger partial charge in [-0.15, -0.1) is 0 Å². The van der Waals surface area contributed by atoms with Crippen molar-refractivity contribution in [2.45, 2.75) is 18.7 Å². The van der Waals surface area contributed by atoms with E-state index in [0.717, 1.165) is 11.1 Å². The molecule has 0 saturated carbocycles. The number of carboxylic acids is 1. The fraction of sp³-hybridized carbons (Fsp3) is 0.312. The van der Waals surface area contributed by atoms with E-state index in [1.807, 2.05) is 30.3 Å². The van der Waals surface area contributed by atoms with E-state index in [4.69, 9.17) is 4.84 Å². The second-order valence-electron chi connectivity index (χ2n) is 5.89. The number of hydrogen-bond acceptors (Lipinski definition) is 4. The SMILES string of the molecule is Cn1ncc2c1[C@@H](C(=O)O)N1C[C@@H]2N(OCc2ccccc2)C1=O. The zero-order chi connectivity index (χ0) is 16.8. The second kappa shape index (κ2) is 5.34. The van der Waals surface area contributed by atoms with Crippen LogP contribution in [0.3, 0.4) is 0 Å². The summed E-state index contributed by atoms with van der Waals surface area (Å²) in [7, 11) is 1.68. The van der Waals surface area contributed by atoms with Crippen LogP contribution in [0, 0.1) is 0 Å². The van der Waals surface area contributed by atoms with Gasteiger partial charge in [0.25, 0.3) is 0 Å². The van der Waals surface area contributed by atoms with Crippen LogP contribution in [0.2, 0.25) is 0 Å². The number of aromatic nitrogens is 2. The van der Waals surface area contributed by atoms with Gasteiger partial charge in [0.05, 0.1) is 18.4 Å². The molecule has 0 unspecified atom stereocenters. The molecule has 1 N–H and O–H groups in total. The van der Waals surface area contributed by atoms with Crippen LogP contribution in [0.15, 0.2) is 36.5 Å². The minimum Gasteiger partial charge on any atom is -0.479 e. The minimum atomic E-state index is -1.07. The van der Waals surface area contributed by atoms with Crippen LogP contribution in [0.4, 0.5) is 4.79 Å². The summed E-state index contributed by atoms with van der Waals surface area (Å²) in [6.45, 7) is 0.521. The van der Waals surface area contributed by atoms with Crippen LogP contribution in [-0.2, 0) is 23.3 Å². The van der Waals surface area contributed by atoms with Crippen molar-refractivity contribution in [1.82, 2.24) is 19.7 Å². The van der Waals surface area contributed by atoms with Gasteiger partial charge < -0.3 is 10.0 Å². The van der Waals surface area contributed by atoms with Crippen molar-refractivity contribution in [2.75, 3.05) is 6.54 Å². The minimum absolute atomic E-state index is 0.240. The highest BCUT2D eigenvalue weighted by atomic mass is 16.7. The van der Waals surface area contributed by atoms with E-state index in [2.05, 4.69) is 5.10 Å². The number of urea groups is 1. The van der Waals surface area contributed by atoms with Crippen molar-refractivity contribution in [1.29, 1.82) is 0 Å². The number of aryl methyl sites for hydroxylation is 1. The molecule has 0 radical (unpaired) electrons. The first-order valence-electron chi connectivity index (χ1n) is 7.59. The average molecular weight is 328 g/mol. The highest BCUT2D eigenvalue weighted by Crippen LogP contribution is 2.43. The van der Waals surface area contributed by atoms with Crippen LogP contribution in [0.1, 0.15) is 28.9 Å². The van der Waals surface area contributed by atoms with Gasteiger partial charge in [-0.1, -0.05) is 30.3 Å². The first-order chi connectivity index (χ1) is 11.6. The van der Waals surface area contributed by atoms with Gasteiger partial charge in [0.15, 0.2) is 6.04 Å². The summed E-state index contributed by atoms with van der Waals surface area (Å²) < 4.78 is 1.52. The van der Waals surface area contributed by atoms with Gasteiger partial charge in [0.1, 0.15) is 12.6 Å². The summed E-state index contributed by atoms with van der Waals surface area (Å²) in [5.41, 5.74) is 2.18. The van der Waals surface area contributed by atoms with Gasteiger partial charge in [-0.25, -0.2) is 9.59 Å². The van der Waals surface area contributed by atoms with Crippen LogP contribution < -0.4 is 0 Å². The lowest BCUT2D eigenvalue weighted by Gasteiger charge is -2.27. The van der Waals surface area contributed by atoms with Crippen LogP contribution >= 0.6 is 0 Å². The number of rotatable bonds is 4. The standard InChI is InChI=1S/C16H16N4O4/c1-18-13-11(7-17-18)12-8-19(14(13)15(21)22)16(23)20(12)24-9-10-5-3-2-4-6-10/h2-7,12,14H,8-9H2,1H3,(H,21,22)/t12-,14-/m0/s1. The Morgan fingerprint density at radius 2 is 2.12 bits per heavy atom. The van der Waals surface area contributed by atoms with Crippen molar-refractivity contribution in [3.63, 3.8) is 0 Å². The largest absolute Gasteiger partial charge is 0.479 e. The van der Waals surface area contributed by atoms with E-state index in [-0.39, 0.29) is 19.2 Å². The van der Waals surface area contributed by atoms with Crippen molar-refractivity contribution >= 4 is 12.0 Å². The molecule has 3 heterocycles. The predicted molar refractivity (Wildman–Crippen MR) is 81.5 cm³/mol. The number of carboxylic acid groups (broad SMARTS) is 1. The van der Waals surface area contributed by atoms with Gasteiger partial charge in [-0.3, -0.25) is 9.52 Å². The molecule has 4 rings (SSSR count). The third-order valence-corrected chi connectivity index (χ3v) is 4.48. The number of carbonyl (C=O) groups excluding carboxylic acids is 1. The molecule has 8 heteroatoms. The molecule has 2 aromatic rings. The molecule has 0 spiro atoms. The van der Waals surface area contributed by atoms with E-state index in [9.17, 15) is 14.7 Å². The van der Waals surface area contributed by atoms with E-state index >= 15 is 0 Å². The Balaban J connectivity index is 1.65. The first-order valence-corrected chi connectivity index (χ1v) is 7.59. The Labute approximate surface area is 137 Å². The Morgan fingerprint density at radius 1 is 1.38 bits per heavy atom. The number of carbonyl (C=O) groups is 2. The number of amides is 2. The molecule has 1 saturated heterocycles. The van der Waals surface area contributed by atoms with Crippen molar-refractivity contribution in [3.05, 3.63) is 53.3 Å². The van der Waals surface area contributed by atoms with Crippen LogP contribution in [0.5, 0.6) is 0 Å². The van der Waals surface area contributed by atoms with E-state index in [0.29, 0.717) is 5.69 Å². The van der Waals surface area contributed by atoms with Gasteiger partial charge in [0, 0.05) is 12.6 Å². The smallest absolute Gasteiger partial charge is 0.345 e. The summed E-state index contributed by atoms with van der Waals surface area (Å²) in [6.07, 6.45) is 1.62. The fourth-order valence-corrected chi connectivity index (χ4v) is 3.36. The molecule has 1 fully saturated rings. The predicted octanol–water partition coefficient (Wildman–Crippen LogP) is 1.47. The van der Waals surface area contributed by atoms with Crippen molar-refractivity contribution in [3.8, 4) is 0 Å². The molecule has 2 bridgehead atoms. The maximum absolute atomic E-state index is 12.6. The van der Waals surface area contributed by atoms with E-state index < -0.39 is 18.0 Å². The fourth-order valence-electron chi connectivity index (χ4n) is 3.36. The lowest BCUT2D eigenvalue weighted by atomic mass is 9.98. The Hall–Kier alpha value is -2.87. The number of benzene rings is 1. The first kappa shape index (κ1) is 14.7. The van der Waals surface area contributed by atoms with E-state index in [1.54, 1.807) is 13.2 Å². The third kappa shape index (κ3) is 2.07. The van der Waals surface area contributed by atoms with Gasteiger partial charge in [-0.2, -0.15) is 10.2 Å². The molecular formula is C16H16N4O4. The molecule has 2 aliphatic rings. The third-order valence-electron chi connectivity index (χ3n) is 4.48. The Bertz CT molecular complexity index is 804. The van der Waals surface area contributed by atoms with Gasteiger partial charge in [0.2, 0.25) is 0 Å². The maximum Gasteiger partial charge on any atom is 0.345 e. The lowest BCUT2D eigenvalue weighted by molar-refractivity contribution is -0.143. The summed E-state index contributed by atoms with van der Waals surface area (Å²) in [4.78, 5) is 31.4. The molecule has 1 aromatic carbocycles. The summed E-state index contributed by atoms with van der Waals surface area (Å²) in [5, 5.41) is 15.0. The highest BCUT2D eigenvalue weighted by molar-refractivity contribution is 5.86. The Kier molecular flexibility index (Phi) is 3.27. The number of fused-ring (bicyclic) bond motifs is 4. The van der Waals surface area contributed by atoms with Crippen LogP contribution in [0.25, 0.3) is 0 Å². The van der Waals surface area contributed by atoms with Gasteiger partial charge >= 0.3 is 12.0 Å². The quantitative estimate of drug-likeness (QED) is 0.918. The zero-order valence-corrected chi connectivity index (χ0v) is 13.0. The lowest BCUT2D eigenvalue weighted by Crippen LogP contribution is -2.39. The number of hydrogen-bond donors (Lipinski definition) is 1. The second-order valence-corrected chi connectivity index (χ2v) is 5.89. The normalized spacial score (nSPS) is 22.0.